The molecule has 6 heteroatoms. The zero-order valence-electron chi connectivity index (χ0n) is 22.6. The van der Waals surface area contributed by atoms with Gasteiger partial charge in [0.05, 0.1) is 26.7 Å². The molecule has 0 heterocycles. The molecule has 0 aromatic heterocycles. The standard InChI is InChI=1S/C27H50N.CH4O4S/c1-4-7-8-9-10-11-12-13-14-15-16-17-18-22-25-28(5-2,6-3)26-27-23-20-19-21-24-27;1-5-6(2,3)4/h19-21,23-24H,4-18,22,25-26H2,1-3H3;1H3,(H,2,3,4)/q+1;/p-1. The van der Waals surface area contributed by atoms with Crippen LogP contribution in [-0.2, 0) is 21.1 Å². The van der Waals surface area contributed by atoms with Gasteiger partial charge in [-0.1, -0.05) is 114 Å². The Morgan fingerprint density at radius 1 is 0.706 bits per heavy atom. The minimum atomic E-state index is -4.41. The Morgan fingerprint density at radius 2 is 1.09 bits per heavy atom. The molecule has 0 unspecified atom stereocenters. The smallest absolute Gasteiger partial charge is 0.217 e. The van der Waals surface area contributed by atoms with Crippen LogP contribution >= 0.6 is 0 Å². The van der Waals surface area contributed by atoms with E-state index in [1.54, 1.807) is 0 Å². The fourth-order valence-electron chi connectivity index (χ4n) is 4.45. The number of quaternary nitrogens is 1. The Bertz CT molecular complexity index is 660. The van der Waals surface area contributed by atoms with Gasteiger partial charge in [0.1, 0.15) is 6.54 Å². The molecule has 0 spiro atoms. The second-order valence-corrected chi connectivity index (χ2v) is 10.7. The molecule has 34 heavy (non-hydrogen) atoms. The van der Waals surface area contributed by atoms with E-state index in [1.807, 2.05) is 0 Å². The van der Waals surface area contributed by atoms with E-state index in [9.17, 15) is 13.0 Å². The van der Waals surface area contributed by atoms with Gasteiger partial charge in [-0.3, -0.25) is 4.18 Å². The Morgan fingerprint density at radius 3 is 1.44 bits per heavy atom. The van der Waals surface area contributed by atoms with Gasteiger partial charge in [0.15, 0.2) is 0 Å². The molecule has 1 aromatic carbocycles. The second kappa shape index (κ2) is 21.3. The molecule has 1 aromatic rings. The summed E-state index contributed by atoms with van der Waals surface area (Å²) in [6.45, 7) is 12.1. The third-order valence-corrected chi connectivity index (χ3v) is 7.30. The summed E-state index contributed by atoms with van der Waals surface area (Å²) in [5, 5.41) is 0. The quantitative estimate of drug-likeness (QED) is 0.0801. The van der Waals surface area contributed by atoms with E-state index in [-0.39, 0.29) is 0 Å². The lowest BCUT2D eigenvalue weighted by molar-refractivity contribution is -0.938. The molecule has 0 bridgehead atoms. The molecule has 1 rings (SSSR count). The summed E-state index contributed by atoms with van der Waals surface area (Å²) in [4.78, 5) is 0. The van der Waals surface area contributed by atoms with Gasteiger partial charge in [0, 0.05) is 5.56 Å². The van der Waals surface area contributed by atoms with E-state index in [4.69, 9.17) is 0 Å². The molecule has 0 radical (unpaired) electrons. The van der Waals surface area contributed by atoms with Crippen LogP contribution in [0.3, 0.4) is 0 Å². The molecular formula is C28H53NO4S. The monoisotopic (exact) mass is 499 g/mol. The van der Waals surface area contributed by atoms with Crippen LogP contribution in [-0.4, -0.2) is 44.2 Å². The highest BCUT2D eigenvalue weighted by Crippen LogP contribution is 2.18. The average molecular weight is 500 g/mol. The fourth-order valence-corrected chi connectivity index (χ4v) is 4.45. The molecule has 5 nitrogen and oxygen atoms in total. The van der Waals surface area contributed by atoms with Crippen LogP contribution in [0.5, 0.6) is 0 Å². The topological polar surface area (TPSA) is 66.4 Å². The van der Waals surface area contributed by atoms with Crippen molar-refractivity contribution in [3.05, 3.63) is 35.9 Å². The zero-order valence-corrected chi connectivity index (χ0v) is 23.4. The van der Waals surface area contributed by atoms with Crippen molar-refractivity contribution in [3.63, 3.8) is 0 Å². The van der Waals surface area contributed by atoms with Crippen molar-refractivity contribution in [1.82, 2.24) is 0 Å². The summed E-state index contributed by atoms with van der Waals surface area (Å²) in [6.07, 6.45) is 20.2. The summed E-state index contributed by atoms with van der Waals surface area (Å²) >= 11 is 0. The first-order valence-electron chi connectivity index (χ1n) is 13.7. The second-order valence-electron chi connectivity index (χ2n) is 9.51. The van der Waals surface area contributed by atoms with Gasteiger partial charge in [-0.15, -0.1) is 0 Å². The van der Waals surface area contributed by atoms with Crippen LogP contribution in [0.15, 0.2) is 30.3 Å². The molecule has 0 aliphatic rings. The summed E-state index contributed by atoms with van der Waals surface area (Å²) < 4.78 is 32.3. The summed E-state index contributed by atoms with van der Waals surface area (Å²) in [5.41, 5.74) is 1.50. The van der Waals surface area contributed by atoms with Crippen molar-refractivity contribution in [2.75, 3.05) is 26.7 Å². The van der Waals surface area contributed by atoms with Crippen LogP contribution < -0.4 is 0 Å². The van der Waals surface area contributed by atoms with Crippen molar-refractivity contribution >= 4 is 10.4 Å². The molecule has 0 aliphatic carbocycles. The number of hydrogen-bond acceptors (Lipinski definition) is 4. The van der Waals surface area contributed by atoms with Crippen LogP contribution in [0.25, 0.3) is 0 Å². The molecular weight excluding hydrogens is 446 g/mol. The predicted molar refractivity (Wildman–Crippen MR) is 143 cm³/mol. The molecule has 0 saturated heterocycles. The van der Waals surface area contributed by atoms with Crippen LogP contribution in [0, 0.1) is 0 Å². The number of rotatable bonds is 20. The summed E-state index contributed by atoms with van der Waals surface area (Å²) in [7, 11) is -3.60. The molecule has 0 fully saturated rings. The van der Waals surface area contributed by atoms with Gasteiger partial charge >= 0.3 is 0 Å². The van der Waals surface area contributed by atoms with Crippen LogP contribution in [0.2, 0.25) is 0 Å². The first-order valence-corrected chi connectivity index (χ1v) is 15.1. The van der Waals surface area contributed by atoms with E-state index in [2.05, 4.69) is 55.3 Å². The number of unbranched alkanes of at least 4 members (excludes halogenated alkanes) is 13. The van der Waals surface area contributed by atoms with Crippen molar-refractivity contribution in [2.24, 2.45) is 0 Å². The van der Waals surface area contributed by atoms with Crippen LogP contribution in [0.4, 0.5) is 0 Å². The zero-order chi connectivity index (χ0) is 25.5. The normalized spacial score (nSPS) is 11.8. The van der Waals surface area contributed by atoms with Crippen molar-refractivity contribution in [2.45, 2.75) is 117 Å². The van der Waals surface area contributed by atoms with Gasteiger partial charge in [-0.05, 0) is 26.7 Å². The van der Waals surface area contributed by atoms with Crippen molar-refractivity contribution in [1.29, 1.82) is 0 Å². The van der Waals surface area contributed by atoms with Crippen molar-refractivity contribution < 1.29 is 21.6 Å². The van der Waals surface area contributed by atoms with E-state index in [0.29, 0.717) is 0 Å². The van der Waals surface area contributed by atoms with E-state index >= 15 is 0 Å². The van der Waals surface area contributed by atoms with Gasteiger partial charge in [-0.2, -0.15) is 0 Å². The van der Waals surface area contributed by atoms with Gasteiger partial charge in [0.2, 0.25) is 10.4 Å². The fraction of sp³-hybridized carbons (Fsp3) is 0.786. The highest BCUT2D eigenvalue weighted by molar-refractivity contribution is 7.80. The molecule has 0 atom stereocenters. The predicted octanol–water partition coefficient (Wildman–Crippen LogP) is 7.62. The largest absolute Gasteiger partial charge is 0.726 e. The van der Waals surface area contributed by atoms with E-state index in [1.165, 1.54) is 126 Å². The SMILES string of the molecule is CCCCCCCCCCCCCCCC[N+](CC)(CC)Cc1ccccc1.COS(=O)(=O)[O-]. The summed E-state index contributed by atoms with van der Waals surface area (Å²) in [5.74, 6) is 0. The first kappa shape index (κ1) is 33.0. The molecule has 0 saturated carbocycles. The minimum Gasteiger partial charge on any atom is -0.726 e. The molecule has 200 valence electrons. The lowest BCUT2D eigenvalue weighted by Crippen LogP contribution is -2.47. The van der Waals surface area contributed by atoms with Gasteiger partial charge in [0.25, 0.3) is 0 Å². The van der Waals surface area contributed by atoms with Gasteiger partial charge < -0.3 is 9.04 Å². The molecule has 0 N–H and O–H groups in total. The van der Waals surface area contributed by atoms with Crippen molar-refractivity contribution in [3.8, 4) is 0 Å². The molecule has 0 amide bonds. The lowest BCUT2D eigenvalue weighted by Gasteiger charge is -2.37. The molecule has 0 aliphatic heterocycles. The maximum atomic E-state index is 9.22. The lowest BCUT2D eigenvalue weighted by atomic mass is 10.0. The van der Waals surface area contributed by atoms with E-state index < -0.39 is 10.4 Å². The number of benzene rings is 1. The third kappa shape index (κ3) is 19.4. The maximum absolute atomic E-state index is 9.22. The van der Waals surface area contributed by atoms with Gasteiger partial charge in [-0.25, -0.2) is 8.42 Å². The van der Waals surface area contributed by atoms with Crippen LogP contribution in [0.1, 0.15) is 116 Å². The average Bonchev–Trinajstić information content (AvgIpc) is 2.84. The minimum absolute atomic E-state index is 0.808. The number of hydrogen-bond donors (Lipinski definition) is 0. The number of nitrogens with zero attached hydrogens (tertiary/aromatic N) is 1. The Hall–Kier alpha value is -0.950. The van der Waals surface area contributed by atoms with E-state index in [0.717, 1.165) is 7.11 Å². The highest BCUT2D eigenvalue weighted by Gasteiger charge is 2.22. The Kier molecular flexibility index (Phi) is 20.7. The first-order chi connectivity index (χ1) is 16.3. The maximum Gasteiger partial charge on any atom is 0.217 e. The Labute approximate surface area is 211 Å². The summed E-state index contributed by atoms with van der Waals surface area (Å²) in [6, 6.07) is 11.1. The Balaban J connectivity index is 0.00000160. The third-order valence-electron chi connectivity index (χ3n) is 6.89. The highest BCUT2D eigenvalue weighted by atomic mass is 32.3.